The SMILES string of the molecule is C=CC(=O)N1CCCC1c1nc(-c2ccc(OCc3ccccc3)cc2)c2c(N)nccn12. The summed E-state index contributed by atoms with van der Waals surface area (Å²) in [5, 5.41) is 0. The highest BCUT2D eigenvalue weighted by Gasteiger charge is 2.33. The fourth-order valence-electron chi connectivity index (χ4n) is 4.39. The van der Waals surface area contributed by atoms with E-state index in [2.05, 4.69) is 11.6 Å². The van der Waals surface area contributed by atoms with E-state index in [9.17, 15) is 4.79 Å². The van der Waals surface area contributed by atoms with Gasteiger partial charge in [-0.3, -0.25) is 9.20 Å². The van der Waals surface area contributed by atoms with Crippen molar-refractivity contribution in [3.8, 4) is 17.0 Å². The standard InChI is InChI=1S/C26H25N5O2/c1-2-22(32)30-15-6-9-21(30)26-29-23(24-25(27)28-14-16-31(24)26)19-10-12-20(13-11-19)33-17-18-7-4-3-5-8-18/h2-5,7-8,10-14,16,21H,1,6,9,15,17H2,(H2,27,28). The summed E-state index contributed by atoms with van der Waals surface area (Å²) in [7, 11) is 0. The van der Waals surface area contributed by atoms with Gasteiger partial charge in [0, 0.05) is 24.5 Å². The molecule has 1 fully saturated rings. The first-order valence-corrected chi connectivity index (χ1v) is 11.0. The minimum absolute atomic E-state index is 0.0854. The quantitative estimate of drug-likeness (QED) is 0.450. The Morgan fingerprint density at radius 2 is 1.97 bits per heavy atom. The topological polar surface area (TPSA) is 85.8 Å². The Balaban J connectivity index is 1.48. The molecule has 0 spiro atoms. The van der Waals surface area contributed by atoms with Crippen molar-refractivity contribution < 1.29 is 9.53 Å². The first-order valence-electron chi connectivity index (χ1n) is 11.0. The van der Waals surface area contributed by atoms with Crippen LogP contribution in [0.3, 0.4) is 0 Å². The molecule has 1 saturated heterocycles. The van der Waals surface area contributed by atoms with Crippen LogP contribution in [-0.2, 0) is 11.4 Å². The van der Waals surface area contributed by atoms with Crippen molar-refractivity contribution in [1.82, 2.24) is 19.3 Å². The highest BCUT2D eigenvalue weighted by Crippen LogP contribution is 2.36. The van der Waals surface area contributed by atoms with Gasteiger partial charge in [0.25, 0.3) is 0 Å². The van der Waals surface area contributed by atoms with Gasteiger partial charge in [-0.15, -0.1) is 0 Å². The van der Waals surface area contributed by atoms with Gasteiger partial charge >= 0.3 is 0 Å². The van der Waals surface area contributed by atoms with Gasteiger partial charge in [-0.2, -0.15) is 0 Å². The van der Waals surface area contributed by atoms with Crippen LogP contribution in [0, 0.1) is 0 Å². The molecule has 5 rings (SSSR count). The lowest BCUT2D eigenvalue weighted by atomic mass is 10.1. The van der Waals surface area contributed by atoms with Crippen LogP contribution in [0.5, 0.6) is 5.75 Å². The number of nitrogen functional groups attached to an aromatic ring is 1. The molecule has 1 unspecified atom stereocenters. The summed E-state index contributed by atoms with van der Waals surface area (Å²) in [5.41, 5.74) is 9.77. The molecule has 4 aromatic rings. The molecule has 0 saturated carbocycles. The third-order valence-corrected chi connectivity index (χ3v) is 5.99. The number of carbonyl (C=O) groups excluding carboxylic acids is 1. The fraction of sp³-hybridized carbons (Fsp3) is 0.192. The van der Waals surface area contributed by atoms with E-state index in [4.69, 9.17) is 15.5 Å². The van der Waals surface area contributed by atoms with E-state index < -0.39 is 0 Å². The number of anilines is 1. The van der Waals surface area contributed by atoms with Crippen LogP contribution in [0.15, 0.2) is 79.6 Å². The van der Waals surface area contributed by atoms with E-state index in [0.29, 0.717) is 19.0 Å². The Kier molecular flexibility index (Phi) is 5.52. The van der Waals surface area contributed by atoms with E-state index in [0.717, 1.165) is 46.8 Å². The minimum Gasteiger partial charge on any atom is -0.489 e. The summed E-state index contributed by atoms with van der Waals surface area (Å²) >= 11 is 0. The predicted molar refractivity (Wildman–Crippen MR) is 127 cm³/mol. The zero-order chi connectivity index (χ0) is 22.8. The molecular weight excluding hydrogens is 414 g/mol. The molecule has 7 nitrogen and oxygen atoms in total. The number of imidazole rings is 1. The fourth-order valence-corrected chi connectivity index (χ4v) is 4.39. The molecule has 0 bridgehead atoms. The summed E-state index contributed by atoms with van der Waals surface area (Å²) < 4.78 is 7.87. The Morgan fingerprint density at radius 1 is 1.18 bits per heavy atom. The molecule has 7 heteroatoms. The lowest BCUT2D eigenvalue weighted by Crippen LogP contribution is -2.29. The van der Waals surface area contributed by atoms with Crippen LogP contribution in [0.1, 0.15) is 30.3 Å². The Bertz CT molecular complexity index is 1300. The smallest absolute Gasteiger partial charge is 0.246 e. The third kappa shape index (κ3) is 3.93. The van der Waals surface area contributed by atoms with Crippen LogP contribution in [0.2, 0.25) is 0 Å². The van der Waals surface area contributed by atoms with Gasteiger partial charge in [0.15, 0.2) is 0 Å². The summed E-state index contributed by atoms with van der Waals surface area (Å²) in [6.07, 6.45) is 6.63. The number of hydrogen-bond acceptors (Lipinski definition) is 5. The Labute approximate surface area is 192 Å². The van der Waals surface area contributed by atoms with Gasteiger partial charge < -0.3 is 15.4 Å². The minimum atomic E-state index is -0.132. The molecule has 166 valence electrons. The average molecular weight is 440 g/mol. The normalized spacial score (nSPS) is 15.6. The van der Waals surface area contributed by atoms with Gasteiger partial charge in [0.2, 0.25) is 5.91 Å². The lowest BCUT2D eigenvalue weighted by Gasteiger charge is -2.22. The zero-order valence-corrected chi connectivity index (χ0v) is 18.2. The molecular formula is C26H25N5O2. The van der Waals surface area contributed by atoms with E-state index in [1.54, 1.807) is 6.20 Å². The number of likely N-dealkylation sites (tertiary alicyclic amines) is 1. The van der Waals surface area contributed by atoms with Gasteiger partial charge in [-0.1, -0.05) is 36.9 Å². The van der Waals surface area contributed by atoms with Crippen molar-refractivity contribution in [2.24, 2.45) is 0 Å². The van der Waals surface area contributed by atoms with Gasteiger partial charge in [0.1, 0.15) is 35.2 Å². The average Bonchev–Trinajstić information content (AvgIpc) is 3.49. The molecule has 33 heavy (non-hydrogen) atoms. The van der Waals surface area contributed by atoms with Crippen molar-refractivity contribution in [3.05, 3.63) is 91.0 Å². The molecule has 1 aliphatic heterocycles. The molecule has 1 amide bonds. The van der Waals surface area contributed by atoms with Gasteiger partial charge in [0.05, 0.1) is 6.04 Å². The maximum atomic E-state index is 12.4. The lowest BCUT2D eigenvalue weighted by molar-refractivity contribution is -0.127. The molecule has 2 aromatic carbocycles. The maximum Gasteiger partial charge on any atom is 0.246 e. The number of fused-ring (bicyclic) bond motifs is 1. The molecule has 1 aliphatic rings. The maximum absolute atomic E-state index is 12.4. The number of aromatic nitrogens is 3. The van der Waals surface area contributed by atoms with Crippen LogP contribution < -0.4 is 10.5 Å². The van der Waals surface area contributed by atoms with E-state index >= 15 is 0 Å². The zero-order valence-electron chi connectivity index (χ0n) is 18.2. The number of nitrogens with zero attached hydrogens (tertiary/aromatic N) is 4. The van der Waals surface area contributed by atoms with Crippen molar-refractivity contribution in [2.75, 3.05) is 12.3 Å². The second-order valence-electron chi connectivity index (χ2n) is 8.04. The van der Waals surface area contributed by atoms with Gasteiger partial charge in [-0.25, -0.2) is 9.97 Å². The molecule has 0 radical (unpaired) electrons. The summed E-state index contributed by atoms with van der Waals surface area (Å²) in [6.45, 7) is 4.84. The number of hydrogen-bond donors (Lipinski definition) is 1. The van der Waals surface area contributed by atoms with E-state index in [-0.39, 0.29) is 11.9 Å². The molecule has 2 aromatic heterocycles. The molecule has 1 atom stereocenters. The first kappa shape index (κ1) is 20.8. The number of ether oxygens (including phenoxy) is 1. The molecule has 3 heterocycles. The van der Waals surface area contributed by atoms with Crippen molar-refractivity contribution >= 4 is 17.2 Å². The third-order valence-electron chi connectivity index (χ3n) is 5.99. The number of rotatable bonds is 6. The largest absolute Gasteiger partial charge is 0.489 e. The second kappa shape index (κ2) is 8.78. The second-order valence-corrected chi connectivity index (χ2v) is 8.04. The van der Waals surface area contributed by atoms with Crippen molar-refractivity contribution in [2.45, 2.75) is 25.5 Å². The van der Waals surface area contributed by atoms with E-state index in [1.807, 2.05) is 70.1 Å². The van der Waals surface area contributed by atoms with Crippen LogP contribution >= 0.6 is 0 Å². The van der Waals surface area contributed by atoms with Gasteiger partial charge in [-0.05, 0) is 48.7 Å². The molecule has 0 aliphatic carbocycles. The summed E-state index contributed by atoms with van der Waals surface area (Å²) in [4.78, 5) is 23.5. The monoisotopic (exact) mass is 439 g/mol. The van der Waals surface area contributed by atoms with Crippen molar-refractivity contribution in [1.29, 1.82) is 0 Å². The number of amides is 1. The van der Waals surface area contributed by atoms with Crippen LogP contribution in [-0.4, -0.2) is 31.7 Å². The Morgan fingerprint density at radius 3 is 2.73 bits per heavy atom. The van der Waals surface area contributed by atoms with Crippen molar-refractivity contribution in [3.63, 3.8) is 0 Å². The Hall–Kier alpha value is -4.13. The predicted octanol–water partition coefficient (Wildman–Crippen LogP) is 4.41. The number of benzene rings is 2. The van der Waals surface area contributed by atoms with Crippen LogP contribution in [0.4, 0.5) is 5.82 Å². The summed E-state index contributed by atoms with van der Waals surface area (Å²) in [5.74, 6) is 1.87. The first-order chi connectivity index (χ1) is 16.2. The molecule has 2 N–H and O–H groups in total. The van der Waals surface area contributed by atoms with Crippen LogP contribution in [0.25, 0.3) is 16.8 Å². The van der Waals surface area contributed by atoms with E-state index in [1.165, 1.54) is 6.08 Å². The summed E-state index contributed by atoms with van der Waals surface area (Å²) in [6, 6.07) is 17.7. The number of nitrogens with two attached hydrogens (primary N) is 1. The highest BCUT2D eigenvalue weighted by molar-refractivity contribution is 5.88. The highest BCUT2D eigenvalue weighted by atomic mass is 16.5. The number of carbonyl (C=O) groups is 1.